The molecule has 0 radical (unpaired) electrons. The Morgan fingerprint density at radius 1 is 1.11 bits per heavy atom. The summed E-state index contributed by atoms with van der Waals surface area (Å²) in [4.78, 5) is 17.0. The van der Waals surface area contributed by atoms with Crippen molar-refractivity contribution >= 4 is 80.5 Å². The second kappa shape index (κ2) is 12.0. The van der Waals surface area contributed by atoms with Crippen LogP contribution in [0.4, 0.5) is 5.13 Å². The van der Waals surface area contributed by atoms with E-state index in [4.69, 9.17) is 51.1 Å². The third-order valence-corrected chi connectivity index (χ3v) is 7.72. The van der Waals surface area contributed by atoms with Crippen LogP contribution in [0.5, 0.6) is 5.75 Å². The van der Waals surface area contributed by atoms with E-state index in [2.05, 4.69) is 20.5 Å². The van der Waals surface area contributed by atoms with Crippen LogP contribution in [0, 0.1) is 0 Å². The predicted octanol–water partition coefficient (Wildman–Crippen LogP) is 7.91. The lowest BCUT2D eigenvalue weighted by Gasteiger charge is -2.16. The summed E-state index contributed by atoms with van der Waals surface area (Å²) in [7, 11) is 0. The summed E-state index contributed by atoms with van der Waals surface area (Å²) >= 11 is 27.0. The first-order chi connectivity index (χ1) is 17.2. The molecule has 0 saturated heterocycles. The van der Waals surface area contributed by atoms with Gasteiger partial charge in [-0.1, -0.05) is 58.2 Å². The molecule has 2 heterocycles. The third-order valence-electron chi connectivity index (χ3n) is 4.91. The fourth-order valence-electron chi connectivity index (χ4n) is 3.26. The van der Waals surface area contributed by atoms with Crippen LogP contribution >= 0.6 is 69.5 Å². The predicted molar refractivity (Wildman–Crippen MR) is 148 cm³/mol. The van der Waals surface area contributed by atoms with E-state index in [0.717, 1.165) is 5.56 Å². The number of nitrogens with one attached hydrogen (secondary N) is 1. The van der Waals surface area contributed by atoms with Crippen LogP contribution in [0.3, 0.4) is 0 Å². The molecule has 0 aliphatic heterocycles. The number of halogens is 4. The van der Waals surface area contributed by atoms with Gasteiger partial charge in [-0.3, -0.25) is 4.79 Å². The van der Waals surface area contributed by atoms with E-state index < -0.39 is 6.10 Å². The molecule has 188 valence electrons. The van der Waals surface area contributed by atoms with Crippen LogP contribution in [0.25, 0.3) is 11.3 Å². The summed E-state index contributed by atoms with van der Waals surface area (Å²) in [5.41, 5.74) is 1.40. The van der Waals surface area contributed by atoms with Crippen molar-refractivity contribution in [1.29, 1.82) is 0 Å². The number of carbonyl (C=O) groups excluding carboxylic acids is 1. The first-order valence-electron chi connectivity index (χ1n) is 10.6. The number of aromatic nitrogens is 4. The molecule has 0 aliphatic rings. The minimum absolute atomic E-state index is 0.132. The monoisotopic (exact) mass is 601 g/mol. The van der Waals surface area contributed by atoms with Crippen molar-refractivity contribution in [2.75, 3.05) is 11.1 Å². The highest BCUT2D eigenvalue weighted by Crippen LogP contribution is 2.33. The number of ether oxygens (including phenoxy) is 1. The molecule has 0 aliphatic carbocycles. The summed E-state index contributed by atoms with van der Waals surface area (Å²) in [6, 6.07) is 10.2. The topological polar surface area (TPSA) is 81.9 Å². The average Bonchev–Trinajstić information content (AvgIpc) is 3.46. The van der Waals surface area contributed by atoms with Crippen molar-refractivity contribution in [3.8, 4) is 17.0 Å². The van der Waals surface area contributed by atoms with Crippen molar-refractivity contribution in [3.05, 3.63) is 67.7 Å². The van der Waals surface area contributed by atoms with Gasteiger partial charge in [0.1, 0.15) is 5.75 Å². The van der Waals surface area contributed by atoms with Crippen LogP contribution in [-0.4, -0.2) is 31.4 Å². The molecule has 2 aromatic heterocycles. The molecule has 0 spiro atoms. The van der Waals surface area contributed by atoms with Gasteiger partial charge >= 0.3 is 0 Å². The number of hydrogen-bond acceptors (Lipinski definition) is 7. The van der Waals surface area contributed by atoms with Gasteiger partial charge < -0.3 is 14.6 Å². The quantitative estimate of drug-likeness (QED) is 0.196. The Labute approximate surface area is 236 Å². The highest BCUT2D eigenvalue weighted by molar-refractivity contribution is 7.99. The zero-order valence-electron chi connectivity index (χ0n) is 19.0. The van der Waals surface area contributed by atoms with Gasteiger partial charge in [0.2, 0.25) is 5.91 Å². The molecule has 1 N–H and O–H groups in total. The maximum absolute atomic E-state index is 12.6. The van der Waals surface area contributed by atoms with Crippen molar-refractivity contribution in [3.63, 3.8) is 0 Å². The van der Waals surface area contributed by atoms with E-state index in [9.17, 15) is 4.79 Å². The molecule has 13 heteroatoms. The summed E-state index contributed by atoms with van der Waals surface area (Å²) in [5.74, 6) is 1.03. The highest BCUT2D eigenvalue weighted by Gasteiger charge is 2.21. The normalized spacial score (nSPS) is 11.9. The number of benzene rings is 2. The fourth-order valence-corrected chi connectivity index (χ4v) is 5.75. The summed E-state index contributed by atoms with van der Waals surface area (Å²) < 4.78 is 7.87. The Kier molecular flexibility index (Phi) is 9.03. The standard InChI is InChI=1S/C23H19Cl4N5O2S2/c1-3-32-21(12(2)34-19-7-5-14(25)9-17(19)27)30-31-23(32)36-11-20(33)29-22-28-18(10-35-22)15-6-4-13(24)8-16(15)26/h4-10,12H,3,11H2,1-2H3,(H,28,29,33). The minimum Gasteiger partial charge on any atom is -0.481 e. The largest absolute Gasteiger partial charge is 0.481 e. The Morgan fingerprint density at radius 3 is 2.53 bits per heavy atom. The number of rotatable bonds is 9. The second-order valence-corrected chi connectivity index (χ2v) is 10.9. The van der Waals surface area contributed by atoms with Gasteiger partial charge in [0, 0.05) is 27.5 Å². The molecule has 7 nitrogen and oxygen atoms in total. The number of amides is 1. The molecule has 2 aromatic carbocycles. The van der Waals surface area contributed by atoms with Crippen LogP contribution in [-0.2, 0) is 11.3 Å². The number of nitrogens with zero attached hydrogens (tertiary/aromatic N) is 4. The molecule has 4 aromatic rings. The first-order valence-corrected chi connectivity index (χ1v) is 14.0. The zero-order valence-corrected chi connectivity index (χ0v) is 23.6. The lowest BCUT2D eigenvalue weighted by Crippen LogP contribution is -2.15. The third kappa shape index (κ3) is 6.45. The molecular formula is C23H19Cl4N5O2S2. The van der Waals surface area contributed by atoms with E-state index in [0.29, 0.717) is 54.2 Å². The average molecular weight is 603 g/mol. The number of carbonyl (C=O) groups is 1. The molecule has 0 bridgehead atoms. The molecule has 1 unspecified atom stereocenters. The van der Waals surface area contributed by atoms with Gasteiger partial charge in [-0.25, -0.2) is 4.98 Å². The maximum Gasteiger partial charge on any atom is 0.236 e. The Balaban J connectivity index is 1.38. The van der Waals surface area contributed by atoms with Crippen molar-refractivity contribution in [2.24, 2.45) is 0 Å². The van der Waals surface area contributed by atoms with Crippen LogP contribution in [0.1, 0.15) is 25.8 Å². The van der Waals surface area contributed by atoms with Gasteiger partial charge in [-0.05, 0) is 50.2 Å². The van der Waals surface area contributed by atoms with E-state index >= 15 is 0 Å². The first kappa shape index (κ1) is 27.0. The SMILES string of the molecule is CCn1c(SCC(=O)Nc2nc(-c3ccc(Cl)cc3Cl)cs2)nnc1C(C)Oc1ccc(Cl)cc1Cl. The van der Waals surface area contributed by atoms with Gasteiger partial charge in [0.05, 0.1) is 21.5 Å². The second-order valence-electron chi connectivity index (χ2n) is 7.42. The molecule has 0 fully saturated rings. The molecule has 4 rings (SSSR count). The van der Waals surface area contributed by atoms with Crippen LogP contribution in [0.2, 0.25) is 20.1 Å². The lowest BCUT2D eigenvalue weighted by molar-refractivity contribution is -0.113. The number of hydrogen-bond donors (Lipinski definition) is 1. The Hall–Kier alpha value is -2.01. The van der Waals surface area contributed by atoms with Crippen molar-refractivity contribution in [2.45, 2.75) is 31.7 Å². The van der Waals surface area contributed by atoms with Crippen LogP contribution < -0.4 is 10.1 Å². The molecular weight excluding hydrogens is 584 g/mol. The summed E-state index contributed by atoms with van der Waals surface area (Å²) in [5, 5.41) is 16.2. The molecule has 0 saturated carbocycles. The van der Waals surface area contributed by atoms with Gasteiger partial charge in [0.15, 0.2) is 22.2 Å². The molecule has 1 atom stereocenters. The highest BCUT2D eigenvalue weighted by atomic mass is 35.5. The summed E-state index contributed by atoms with van der Waals surface area (Å²) in [6.45, 7) is 4.43. The van der Waals surface area contributed by atoms with Gasteiger partial charge in [-0.15, -0.1) is 21.5 Å². The van der Waals surface area contributed by atoms with E-state index in [-0.39, 0.29) is 11.7 Å². The minimum atomic E-state index is -0.423. The van der Waals surface area contributed by atoms with Crippen molar-refractivity contribution < 1.29 is 9.53 Å². The van der Waals surface area contributed by atoms with Crippen LogP contribution in [0.15, 0.2) is 46.9 Å². The fraction of sp³-hybridized carbons (Fsp3) is 0.217. The smallest absolute Gasteiger partial charge is 0.236 e. The van der Waals surface area contributed by atoms with E-state index in [1.807, 2.05) is 23.8 Å². The Morgan fingerprint density at radius 2 is 1.83 bits per heavy atom. The lowest BCUT2D eigenvalue weighted by atomic mass is 10.2. The number of thiazole rings is 1. The number of thioether (sulfide) groups is 1. The maximum atomic E-state index is 12.6. The van der Waals surface area contributed by atoms with E-state index in [1.165, 1.54) is 23.1 Å². The molecule has 1 amide bonds. The zero-order chi connectivity index (χ0) is 25.8. The van der Waals surface area contributed by atoms with Crippen molar-refractivity contribution in [1.82, 2.24) is 19.7 Å². The number of anilines is 1. The van der Waals surface area contributed by atoms with Gasteiger partial charge in [-0.2, -0.15) is 0 Å². The van der Waals surface area contributed by atoms with E-state index in [1.54, 1.807) is 36.4 Å². The summed E-state index contributed by atoms with van der Waals surface area (Å²) in [6.07, 6.45) is -0.423. The molecule has 36 heavy (non-hydrogen) atoms. The van der Waals surface area contributed by atoms with Gasteiger partial charge in [0.25, 0.3) is 0 Å². The Bertz CT molecular complexity index is 1390.